The Balaban J connectivity index is 1.53. The minimum absolute atomic E-state index is 0.557. The number of ether oxygens (including phenoxy) is 2. The van der Waals surface area contributed by atoms with E-state index in [1.54, 1.807) is 0 Å². The van der Waals surface area contributed by atoms with E-state index in [9.17, 15) is 0 Å². The van der Waals surface area contributed by atoms with Crippen LogP contribution >= 0.6 is 0 Å². The lowest BCUT2D eigenvalue weighted by molar-refractivity contribution is 0.289. The number of para-hydroxylation sites is 2. The predicted octanol–water partition coefficient (Wildman–Crippen LogP) is 6.30. The molecule has 3 aromatic rings. The first-order valence-electron chi connectivity index (χ1n) is 9.92. The maximum Gasteiger partial charge on any atom is 0.142 e. The Morgan fingerprint density at radius 3 is 2.21 bits per heavy atom. The van der Waals surface area contributed by atoms with Crippen molar-refractivity contribution in [2.24, 2.45) is 5.92 Å². The number of hydrogen-bond donors (Lipinski definition) is 1. The summed E-state index contributed by atoms with van der Waals surface area (Å²) in [5.41, 5.74) is 3.36. The summed E-state index contributed by atoms with van der Waals surface area (Å²) in [6.07, 6.45) is 1.07. The van der Waals surface area contributed by atoms with Crippen LogP contribution in [-0.4, -0.2) is 6.61 Å². The van der Waals surface area contributed by atoms with Crippen molar-refractivity contribution < 1.29 is 9.47 Å². The summed E-state index contributed by atoms with van der Waals surface area (Å²) < 4.78 is 11.8. The standard InChI is InChI=1S/C25H29NO2/c1-20(2)16-17-27-23-14-12-21(13-15-23)18-26-24-10-6-7-11-25(24)28-19-22-8-4-3-5-9-22/h3-15,20,26H,16-19H2,1-2H3. The molecule has 1 N–H and O–H groups in total. The molecule has 0 unspecified atom stereocenters. The fraction of sp³-hybridized carbons (Fsp3) is 0.280. The van der Waals surface area contributed by atoms with Gasteiger partial charge in [-0.1, -0.05) is 68.4 Å². The van der Waals surface area contributed by atoms with E-state index in [0.29, 0.717) is 12.5 Å². The normalized spacial score (nSPS) is 10.7. The fourth-order valence-corrected chi connectivity index (χ4v) is 2.79. The highest BCUT2D eigenvalue weighted by atomic mass is 16.5. The third-order valence-corrected chi connectivity index (χ3v) is 4.49. The van der Waals surface area contributed by atoms with Gasteiger partial charge < -0.3 is 14.8 Å². The van der Waals surface area contributed by atoms with Gasteiger partial charge in [0, 0.05) is 6.54 Å². The summed E-state index contributed by atoms with van der Waals surface area (Å²) in [6.45, 7) is 6.47. The van der Waals surface area contributed by atoms with E-state index < -0.39 is 0 Å². The highest BCUT2D eigenvalue weighted by Crippen LogP contribution is 2.25. The molecule has 0 fully saturated rings. The third-order valence-electron chi connectivity index (χ3n) is 4.49. The van der Waals surface area contributed by atoms with Gasteiger partial charge in [-0.2, -0.15) is 0 Å². The Bertz CT molecular complexity index is 829. The van der Waals surface area contributed by atoms with Crippen molar-refractivity contribution >= 4 is 5.69 Å². The van der Waals surface area contributed by atoms with Gasteiger partial charge in [0.25, 0.3) is 0 Å². The summed E-state index contributed by atoms with van der Waals surface area (Å²) in [5, 5.41) is 3.48. The largest absolute Gasteiger partial charge is 0.494 e. The minimum Gasteiger partial charge on any atom is -0.494 e. The van der Waals surface area contributed by atoms with Crippen LogP contribution in [0.3, 0.4) is 0 Å². The molecule has 3 heteroatoms. The fourth-order valence-electron chi connectivity index (χ4n) is 2.79. The quantitative estimate of drug-likeness (QED) is 0.451. The summed E-state index contributed by atoms with van der Waals surface area (Å²) in [4.78, 5) is 0. The molecule has 3 rings (SSSR count). The Morgan fingerprint density at radius 2 is 1.46 bits per heavy atom. The minimum atomic E-state index is 0.557. The lowest BCUT2D eigenvalue weighted by Gasteiger charge is -2.14. The zero-order valence-corrected chi connectivity index (χ0v) is 16.7. The first-order valence-corrected chi connectivity index (χ1v) is 9.92. The molecule has 0 atom stereocenters. The lowest BCUT2D eigenvalue weighted by atomic mass is 10.1. The molecule has 0 aliphatic heterocycles. The van der Waals surface area contributed by atoms with Gasteiger partial charge >= 0.3 is 0 Å². The van der Waals surface area contributed by atoms with Gasteiger partial charge in [0.1, 0.15) is 18.1 Å². The van der Waals surface area contributed by atoms with Crippen molar-refractivity contribution in [3.05, 3.63) is 90.0 Å². The third kappa shape index (κ3) is 6.34. The molecule has 0 saturated carbocycles. The van der Waals surface area contributed by atoms with Crippen LogP contribution in [-0.2, 0) is 13.2 Å². The van der Waals surface area contributed by atoms with Crippen LogP contribution < -0.4 is 14.8 Å². The molecule has 146 valence electrons. The number of hydrogen-bond acceptors (Lipinski definition) is 3. The van der Waals surface area contributed by atoms with Gasteiger partial charge in [0.2, 0.25) is 0 Å². The molecule has 0 saturated heterocycles. The summed E-state index contributed by atoms with van der Waals surface area (Å²) in [6, 6.07) is 26.5. The van der Waals surface area contributed by atoms with Crippen molar-refractivity contribution in [3.63, 3.8) is 0 Å². The average Bonchev–Trinajstić information content (AvgIpc) is 2.73. The number of anilines is 1. The SMILES string of the molecule is CC(C)CCOc1ccc(CNc2ccccc2OCc2ccccc2)cc1. The zero-order valence-electron chi connectivity index (χ0n) is 16.7. The van der Waals surface area contributed by atoms with Gasteiger partial charge in [-0.15, -0.1) is 0 Å². The van der Waals surface area contributed by atoms with Crippen molar-refractivity contribution in [1.29, 1.82) is 0 Å². The number of benzene rings is 3. The maximum atomic E-state index is 6.01. The van der Waals surface area contributed by atoms with Gasteiger partial charge in [-0.25, -0.2) is 0 Å². The van der Waals surface area contributed by atoms with E-state index in [-0.39, 0.29) is 0 Å². The molecule has 0 heterocycles. The summed E-state index contributed by atoms with van der Waals surface area (Å²) in [7, 11) is 0. The van der Waals surface area contributed by atoms with Crippen LogP contribution in [0.25, 0.3) is 0 Å². The maximum absolute atomic E-state index is 6.01. The topological polar surface area (TPSA) is 30.5 Å². The van der Waals surface area contributed by atoms with Crippen LogP contribution in [0.15, 0.2) is 78.9 Å². The molecule has 3 aromatic carbocycles. The molecule has 0 aliphatic carbocycles. The lowest BCUT2D eigenvalue weighted by Crippen LogP contribution is -2.04. The van der Waals surface area contributed by atoms with Gasteiger partial charge in [0.15, 0.2) is 0 Å². The van der Waals surface area contributed by atoms with E-state index >= 15 is 0 Å². The van der Waals surface area contributed by atoms with Gasteiger partial charge in [0.05, 0.1) is 12.3 Å². The summed E-state index contributed by atoms with van der Waals surface area (Å²) >= 11 is 0. The molecule has 0 spiro atoms. The molecule has 3 nitrogen and oxygen atoms in total. The van der Waals surface area contributed by atoms with Crippen LogP contribution in [0.4, 0.5) is 5.69 Å². The first-order chi connectivity index (χ1) is 13.7. The van der Waals surface area contributed by atoms with E-state index in [2.05, 4.69) is 43.4 Å². The molecule has 0 radical (unpaired) electrons. The molecule has 0 bridgehead atoms. The van der Waals surface area contributed by atoms with Gasteiger partial charge in [-0.3, -0.25) is 0 Å². The Morgan fingerprint density at radius 1 is 0.750 bits per heavy atom. The van der Waals surface area contributed by atoms with E-state index in [0.717, 1.165) is 42.3 Å². The Labute approximate surface area is 168 Å². The summed E-state index contributed by atoms with van der Waals surface area (Å²) in [5.74, 6) is 2.45. The first kappa shape index (κ1) is 19.8. The molecule has 0 amide bonds. The Hall–Kier alpha value is -2.94. The van der Waals surface area contributed by atoms with Crippen molar-refractivity contribution in [3.8, 4) is 11.5 Å². The van der Waals surface area contributed by atoms with Crippen molar-refractivity contribution in [1.82, 2.24) is 0 Å². The predicted molar refractivity (Wildman–Crippen MR) is 116 cm³/mol. The van der Waals surface area contributed by atoms with Crippen LogP contribution in [0.5, 0.6) is 11.5 Å². The highest BCUT2D eigenvalue weighted by molar-refractivity contribution is 5.56. The smallest absolute Gasteiger partial charge is 0.142 e. The van der Waals surface area contributed by atoms with Crippen LogP contribution in [0.2, 0.25) is 0 Å². The Kier molecular flexibility index (Phi) is 7.36. The molecular weight excluding hydrogens is 346 g/mol. The second-order valence-corrected chi connectivity index (χ2v) is 7.30. The van der Waals surface area contributed by atoms with E-state index in [4.69, 9.17) is 9.47 Å². The van der Waals surface area contributed by atoms with Crippen LogP contribution in [0, 0.1) is 5.92 Å². The van der Waals surface area contributed by atoms with Crippen molar-refractivity contribution in [2.75, 3.05) is 11.9 Å². The van der Waals surface area contributed by atoms with Gasteiger partial charge in [-0.05, 0) is 47.7 Å². The van der Waals surface area contributed by atoms with E-state index in [1.807, 2.05) is 54.6 Å². The van der Waals surface area contributed by atoms with Crippen molar-refractivity contribution in [2.45, 2.75) is 33.4 Å². The van der Waals surface area contributed by atoms with Crippen LogP contribution in [0.1, 0.15) is 31.4 Å². The molecule has 0 aromatic heterocycles. The zero-order chi connectivity index (χ0) is 19.6. The van der Waals surface area contributed by atoms with E-state index in [1.165, 1.54) is 5.56 Å². The molecule has 28 heavy (non-hydrogen) atoms. The highest BCUT2D eigenvalue weighted by Gasteiger charge is 2.04. The second-order valence-electron chi connectivity index (χ2n) is 7.30. The average molecular weight is 376 g/mol. The number of nitrogens with one attached hydrogen (secondary N) is 1. The second kappa shape index (κ2) is 10.4. The molecular formula is C25H29NO2. The number of rotatable bonds is 10. The monoisotopic (exact) mass is 375 g/mol. The molecule has 0 aliphatic rings.